The molecule has 0 radical (unpaired) electrons. The first-order chi connectivity index (χ1) is 8.57. The van der Waals surface area contributed by atoms with E-state index in [1.165, 1.54) is 5.56 Å². The van der Waals surface area contributed by atoms with Crippen LogP contribution in [-0.4, -0.2) is 54.2 Å². The van der Waals surface area contributed by atoms with Crippen molar-refractivity contribution >= 4 is 0 Å². The normalized spacial score (nSPS) is 25.6. The standard InChI is InChI=1S/C15H24N2O/c1-16-10-6-9-15(18,12-16)13-17(2)11-14-7-4-3-5-8-14/h3-5,7-8,18H,6,9-13H2,1-2H3/t15-/m0/s1. The Morgan fingerprint density at radius 1 is 1.33 bits per heavy atom. The Kier molecular flexibility index (Phi) is 4.38. The lowest BCUT2D eigenvalue weighted by molar-refractivity contribution is -0.0441. The third-order valence-corrected chi connectivity index (χ3v) is 3.61. The summed E-state index contributed by atoms with van der Waals surface area (Å²) in [6, 6.07) is 10.4. The van der Waals surface area contributed by atoms with Crippen LogP contribution >= 0.6 is 0 Å². The van der Waals surface area contributed by atoms with Gasteiger partial charge in [-0.3, -0.25) is 4.90 Å². The fraction of sp³-hybridized carbons (Fsp3) is 0.600. The average molecular weight is 248 g/mol. The molecule has 1 aliphatic rings. The van der Waals surface area contributed by atoms with E-state index in [0.29, 0.717) is 0 Å². The summed E-state index contributed by atoms with van der Waals surface area (Å²) in [6.45, 7) is 3.52. The lowest BCUT2D eigenvalue weighted by Gasteiger charge is -2.39. The highest BCUT2D eigenvalue weighted by Crippen LogP contribution is 2.21. The van der Waals surface area contributed by atoms with Crippen molar-refractivity contribution in [1.82, 2.24) is 9.80 Å². The molecule has 0 aromatic heterocycles. The number of nitrogens with zero attached hydrogens (tertiary/aromatic N) is 2. The molecule has 1 aromatic rings. The van der Waals surface area contributed by atoms with Gasteiger partial charge in [-0.25, -0.2) is 0 Å². The Morgan fingerprint density at radius 3 is 2.72 bits per heavy atom. The lowest BCUT2D eigenvalue weighted by Crippen LogP contribution is -2.52. The molecule has 1 atom stereocenters. The van der Waals surface area contributed by atoms with Gasteiger partial charge in [-0.1, -0.05) is 30.3 Å². The summed E-state index contributed by atoms with van der Waals surface area (Å²) in [5.74, 6) is 0. The quantitative estimate of drug-likeness (QED) is 0.876. The highest BCUT2D eigenvalue weighted by atomic mass is 16.3. The molecule has 0 unspecified atom stereocenters. The number of benzene rings is 1. The third kappa shape index (κ3) is 3.80. The molecule has 100 valence electrons. The van der Waals surface area contributed by atoms with Crippen LogP contribution in [0, 0.1) is 0 Å². The van der Waals surface area contributed by atoms with Crippen LogP contribution in [0.25, 0.3) is 0 Å². The van der Waals surface area contributed by atoms with E-state index in [9.17, 15) is 5.11 Å². The largest absolute Gasteiger partial charge is 0.387 e. The molecule has 3 nitrogen and oxygen atoms in total. The van der Waals surface area contributed by atoms with Crippen molar-refractivity contribution in [3.63, 3.8) is 0 Å². The molecule has 0 aliphatic carbocycles. The van der Waals surface area contributed by atoms with Gasteiger partial charge in [-0.2, -0.15) is 0 Å². The monoisotopic (exact) mass is 248 g/mol. The fourth-order valence-corrected chi connectivity index (χ4v) is 2.92. The first-order valence-electron chi connectivity index (χ1n) is 6.71. The molecule has 18 heavy (non-hydrogen) atoms. The Morgan fingerprint density at radius 2 is 2.06 bits per heavy atom. The summed E-state index contributed by atoms with van der Waals surface area (Å²) < 4.78 is 0. The number of β-amino-alcohol motifs (C(OH)–C–C–N with tert-alkyl or cyclic N) is 1. The van der Waals surface area contributed by atoms with Gasteiger partial charge in [0.25, 0.3) is 0 Å². The minimum atomic E-state index is -0.545. The highest BCUT2D eigenvalue weighted by molar-refractivity contribution is 5.14. The molecule has 1 saturated heterocycles. The first-order valence-corrected chi connectivity index (χ1v) is 6.71. The smallest absolute Gasteiger partial charge is 0.0900 e. The van der Waals surface area contributed by atoms with Gasteiger partial charge in [0.15, 0.2) is 0 Å². The zero-order valence-corrected chi connectivity index (χ0v) is 11.5. The van der Waals surface area contributed by atoms with E-state index in [2.05, 4.69) is 48.2 Å². The van der Waals surface area contributed by atoms with Gasteiger partial charge in [-0.05, 0) is 39.0 Å². The topological polar surface area (TPSA) is 26.7 Å². The van der Waals surface area contributed by atoms with Gasteiger partial charge in [0, 0.05) is 19.6 Å². The summed E-state index contributed by atoms with van der Waals surface area (Å²) >= 11 is 0. The second kappa shape index (κ2) is 5.83. The number of rotatable bonds is 4. The predicted octanol–water partition coefficient (Wildman–Crippen LogP) is 1.58. The summed E-state index contributed by atoms with van der Waals surface area (Å²) in [6.07, 6.45) is 2.00. The third-order valence-electron chi connectivity index (χ3n) is 3.61. The first kappa shape index (κ1) is 13.5. The molecule has 1 fully saturated rings. The van der Waals surface area contributed by atoms with Crippen LogP contribution < -0.4 is 0 Å². The predicted molar refractivity (Wildman–Crippen MR) is 74.5 cm³/mol. The van der Waals surface area contributed by atoms with Crippen LogP contribution in [0.5, 0.6) is 0 Å². The zero-order chi connectivity index (χ0) is 13.0. The number of likely N-dealkylation sites (N-methyl/N-ethyl adjacent to an activating group) is 2. The van der Waals surface area contributed by atoms with Crippen molar-refractivity contribution in [2.45, 2.75) is 25.0 Å². The highest BCUT2D eigenvalue weighted by Gasteiger charge is 2.32. The van der Waals surface area contributed by atoms with Gasteiger partial charge in [0.1, 0.15) is 0 Å². The van der Waals surface area contributed by atoms with E-state index >= 15 is 0 Å². The fourth-order valence-electron chi connectivity index (χ4n) is 2.92. The Hall–Kier alpha value is -0.900. The van der Waals surface area contributed by atoms with E-state index in [1.54, 1.807) is 0 Å². The molecule has 0 bridgehead atoms. The number of hydrogen-bond donors (Lipinski definition) is 1. The van der Waals surface area contributed by atoms with E-state index in [-0.39, 0.29) is 0 Å². The maximum atomic E-state index is 10.6. The summed E-state index contributed by atoms with van der Waals surface area (Å²) in [5.41, 5.74) is 0.754. The number of aliphatic hydroxyl groups is 1. The molecule has 2 rings (SSSR count). The zero-order valence-electron chi connectivity index (χ0n) is 11.5. The van der Waals surface area contributed by atoms with E-state index < -0.39 is 5.60 Å². The van der Waals surface area contributed by atoms with Crippen molar-refractivity contribution in [2.24, 2.45) is 0 Å². The van der Waals surface area contributed by atoms with Crippen LogP contribution in [0.4, 0.5) is 0 Å². The van der Waals surface area contributed by atoms with Crippen LogP contribution in [-0.2, 0) is 6.54 Å². The maximum absolute atomic E-state index is 10.6. The molecule has 0 saturated carbocycles. The molecule has 3 heteroatoms. The SMILES string of the molecule is CN1CCC[C@@](O)(CN(C)Cc2ccccc2)C1. The number of likely N-dealkylation sites (tertiary alicyclic amines) is 1. The van der Waals surface area contributed by atoms with Gasteiger partial charge in [0.2, 0.25) is 0 Å². The van der Waals surface area contributed by atoms with Gasteiger partial charge in [-0.15, -0.1) is 0 Å². The Labute approximate surface area is 110 Å². The van der Waals surface area contributed by atoms with Crippen molar-refractivity contribution in [3.8, 4) is 0 Å². The van der Waals surface area contributed by atoms with Crippen molar-refractivity contribution in [2.75, 3.05) is 33.7 Å². The summed E-state index contributed by atoms with van der Waals surface area (Å²) in [4.78, 5) is 4.44. The maximum Gasteiger partial charge on any atom is 0.0900 e. The van der Waals surface area contributed by atoms with Crippen LogP contribution in [0.2, 0.25) is 0 Å². The average Bonchev–Trinajstić information content (AvgIpc) is 2.28. The summed E-state index contributed by atoms with van der Waals surface area (Å²) in [7, 11) is 4.17. The summed E-state index contributed by atoms with van der Waals surface area (Å²) in [5, 5.41) is 10.6. The van der Waals surface area contributed by atoms with Crippen LogP contribution in [0.3, 0.4) is 0 Å². The second-order valence-corrected chi connectivity index (χ2v) is 5.72. The van der Waals surface area contributed by atoms with Crippen LogP contribution in [0.1, 0.15) is 18.4 Å². The van der Waals surface area contributed by atoms with Crippen molar-refractivity contribution in [1.29, 1.82) is 0 Å². The minimum absolute atomic E-state index is 0.545. The number of piperidine rings is 1. The van der Waals surface area contributed by atoms with E-state index in [0.717, 1.165) is 39.0 Å². The Balaban J connectivity index is 1.88. The molecular weight excluding hydrogens is 224 g/mol. The molecule has 0 spiro atoms. The minimum Gasteiger partial charge on any atom is -0.387 e. The van der Waals surface area contributed by atoms with Gasteiger partial charge < -0.3 is 10.0 Å². The number of hydrogen-bond acceptors (Lipinski definition) is 3. The van der Waals surface area contributed by atoms with Crippen molar-refractivity contribution in [3.05, 3.63) is 35.9 Å². The molecular formula is C15H24N2O. The van der Waals surface area contributed by atoms with E-state index in [4.69, 9.17) is 0 Å². The molecule has 1 N–H and O–H groups in total. The lowest BCUT2D eigenvalue weighted by atomic mass is 9.92. The van der Waals surface area contributed by atoms with Crippen molar-refractivity contribution < 1.29 is 5.11 Å². The van der Waals surface area contributed by atoms with Crippen LogP contribution in [0.15, 0.2) is 30.3 Å². The molecule has 1 heterocycles. The molecule has 0 amide bonds. The Bertz CT molecular complexity index is 368. The molecule has 1 aliphatic heterocycles. The van der Waals surface area contributed by atoms with E-state index in [1.807, 2.05) is 6.07 Å². The second-order valence-electron chi connectivity index (χ2n) is 5.72. The van der Waals surface area contributed by atoms with Gasteiger partial charge in [0.05, 0.1) is 5.60 Å². The van der Waals surface area contributed by atoms with Gasteiger partial charge >= 0.3 is 0 Å². The molecule has 1 aromatic carbocycles.